The zero-order valence-electron chi connectivity index (χ0n) is 8.55. The first-order chi connectivity index (χ1) is 7.04. The van der Waals surface area contributed by atoms with Crippen LogP contribution in [0.25, 0.3) is 0 Å². The maximum atomic E-state index is 8.64. The van der Waals surface area contributed by atoms with Gasteiger partial charge in [-0.25, -0.2) is 0 Å². The van der Waals surface area contributed by atoms with Gasteiger partial charge in [0.25, 0.3) is 0 Å². The second-order valence-corrected chi connectivity index (χ2v) is 5.73. The highest BCUT2D eigenvalue weighted by atomic mass is 35.5. The molecule has 0 radical (unpaired) electrons. The first-order valence-corrected chi connectivity index (χ1v) is 6.19. The van der Waals surface area contributed by atoms with Crippen LogP contribution in [0.15, 0.2) is 6.07 Å². The molecule has 1 aromatic heterocycles. The van der Waals surface area contributed by atoms with E-state index in [2.05, 4.69) is 11.4 Å². The second-order valence-electron chi connectivity index (χ2n) is 3.44. The molecule has 5 heteroatoms. The maximum absolute atomic E-state index is 8.64. The van der Waals surface area contributed by atoms with Gasteiger partial charge in [-0.15, -0.1) is 11.3 Å². The summed E-state index contributed by atoms with van der Waals surface area (Å²) in [5.41, 5.74) is 0.997. The summed E-state index contributed by atoms with van der Waals surface area (Å²) in [6.07, 6.45) is 0. The molecule has 0 bridgehead atoms. The van der Waals surface area contributed by atoms with Crippen LogP contribution in [0, 0.1) is 17.2 Å². The van der Waals surface area contributed by atoms with Crippen LogP contribution < -0.4 is 5.32 Å². The summed E-state index contributed by atoms with van der Waals surface area (Å²) in [6.45, 7) is 4.54. The van der Waals surface area contributed by atoms with Crippen LogP contribution >= 0.6 is 34.5 Å². The van der Waals surface area contributed by atoms with Crippen molar-refractivity contribution in [3.8, 4) is 6.07 Å². The minimum absolute atomic E-state index is 0.000308. The lowest BCUT2D eigenvalue weighted by molar-refractivity contribution is 0.529. The number of nitrogens with one attached hydrogen (secondary N) is 1. The lowest BCUT2D eigenvalue weighted by atomic mass is 10.1. The van der Waals surface area contributed by atoms with E-state index in [1.165, 1.54) is 11.3 Å². The molecule has 2 unspecified atom stereocenters. The summed E-state index contributed by atoms with van der Waals surface area (Å²) < 4.78 is 1.40. The van der Waals surface area contributed by atoms with Gasteiger partial charge in [-0.05, 0) is 25.5 Å². The molecule has 0 fully saturated rings. The topological polar surface area (TPSA) is 35.8 Å². The molecule has 15 heavy (non-hydrogen) atoms. The molecule has 2 nitrogen and oxygen atoms in total. The third-order valence-electron chi connectivity index (χ3n) is 2.10. The standard InChI is InChI=1S/C10H12Cl2N2S/c1-6(4-13)5-14-7(2)8-3-9(11)15-10(8)12/h3,6-7,14H,5H2,1-2H3. The van der Waals surface area contributed by atoms with Gasteiger partial charge in [0.1, 0.15) is 0 Å². The average Bonchev–Trinajstić information content (AvgIpc) is 2.53. The van der Waals surface area contributed by atoms with Gasteiger partial charge in [0.2, 0.25) is 0 Å². The van der Waals surface area contributed by atoms with E-state index < -0.39 is 0 Å². The molecule has 0 spiro atoms. The Bertz CT molecular complexity index is 370. The van der Waals surface area contributed by atoms with Crippen LogP contribution in [0.2, 0.25) is 8.67 Å². The lowest BCUT2D eigenvalue weighted by Gasteiger charge is -2.13. The Morgan fingerprint density at radius 3 is 2.67 bits per heavy atom. The van der Waals surface area contributed by atoms with Gasteiger partial charge in [-0.2, -0.15) is 5.26 Å². The van der Waals surface area contributed by atoms with E-state index in [9.17, 15) is 0 Å². The molecular formula is C10H12Cl2N2S. The number of nitrogens with zero attached hydrogens (tertiary/aromatic N) is 1. The third-order valence-corrected chi connectivity index (χ3v) is 3.62. The predicted octanol–water partition coefficient (Wildman–Crippen LogP) is 3.87. The van der Waals surface area contributed by atoms with Crippen LogP contribution in [-0.4, -0.2) is 6.54 Å². The van der Waals surface area contributed by atoms with Crippen molar-refractivity contribution in [3.63, 3.8) is 0 Å². The van der Waals surface area contributed by atoms with Crippen molar-refractivity contribution in [2.75, 3.05) is 6.54 Å². The summed E-state index contributed by atoms with van der Waals surface area (Å²) in [6, 6.07) is 4.16. The summed E-state index contributed by atoms with van der Waals surface area (Å²) in [4.78, 5) is 0. The molecule has 1 heterocycles. The molecule has 0 aliphatic heterocycles. The molecule has 0 saturated heterocycles. The number of halogens is 2. The number of hydrogen-bond donors (Lipinski definition) is 1. The Labute approximate surface area is 104 Å². The fourth-order valence-corrected chi connectivity index (χ4v) is 2.80. The van der Waals surface area contributed by atoms with Crippen LogP contribution in [0.3, 0.4) is 0 Å². The molecular weight excluding hydrogens is 251 g/mol. The van der Waals surface area contributed by atoms with Crippen molar-refractivity contribution in [1.82, 2.24) is 5.32 Å². The highest BCUT2D eigenvalue weighted by Crippen LogP contribution is 2.34. The van der Waals surface area contributed by atoms with Crippen molar-refractivity contribution >= 4 is 34.5 Å². The zero-order valence-corrected chi connectivity index (χ0v) is 10.9. The fourth-order valence-electron chi connectivity index (χ4n) is 1.16. The van der Waals surface area contributed by atoms with Crippen molar-refractivity contribution in [2.24, 2.45) is 5.92 Å². The van der Waals surface area contributed by atoms with E-state index in [4.69, 9.17) is 28.5 Å². The molecule has 0 aliphatic rings. The van der Waals surface area contributed by atoms with E-state index in [0.29, 0.717) is 15.2 Å². The van der Waals surface area contributed by atoms with Gasteiger partial charge in [0.05, 0.1) is 20.7 Å². The van der Waals surface area contributed by atoms with Crippen LogP contribution in [-0.2, 0) is 0 Å². The molecule has 82 valence electrons. The Kier molecular flexibility index (Phi) is 4.88. The number of hydrogen-bond acceptors (Lipinski definition) is 3. The van der Waals surface area contributed by atoms with Crippen LogP contribution in [0.4, 0.5) is 0 Å². The van der Waals surface area contributed by atoms with Crippen LogP contribution in [0.1, 0.15) is 25.5 Å². The van der Waals surface area contributed by atoms with E-state index >= 15 is 0 Å². The summed E-state index contributed by atoms with van der Waals surface area (Å²) in [7, 11) is 0. The van der Waals surface area contributed by atoms with Crippen molar-refractivity contribution in [1.29, 1.82) is 5.26 Å². The highest BCUT2D eigenvalue weighted by Gasteiger charge is 2.13. The minimum atomic E-state index is 0.000308. The minimum Gasteiger partial charge on any atom is -0.309 e. The van der Waals surface area contributed by atoms with Crippen molar-refractivity contribution in [3.05, 3.63) is 20.3 Å². The highest BCUT2D eigenvalue weighted by molar-refractivity contribution is 7.20. The summed E-state index contributed by atoms with van der Waals surface area (Å²) in [5, 5.41) is 11.9. The normalized spacial score (nSPS) is 14.6. The Morgan fingerprint density at radius 1 is 1.53 bits per heavy atom. The molecule has 1 aromatic rings. The Balaban J connectivity index is 2.58. The van der Waals surface area contributed by atoms with Crippen molar-refractivity contribution in [2.45, 2.75) is 19.9 Å². The largest absolute Gasteiger partial charge is 0.309 e. The first-order valence-electron chi connectivity index (χ1n) is 4.62. The van der Waals surface area contributed by atoms with E-state index in [0.717, 1.165) is 5.56 Å². The van der Waals surface area contributed by atoms with Gasteiger partial charge < -0.3 is 5.32 Å². The van der Waals surface area contributed by atoms with Gasteiger partial charge in [-0.1, -0.05) is 23.2 Å². The molecule has 0 saturated carbocycles. The van der Waals surface area contributed by atoms with Gasteiger partial charge in [-0.3, -0.25) is 0 Å². The smallest absolute Gasteiger partial charge is 0.0991 e. The predicted molar refractivity (Wildman–Crippen MR) is 65.5 cm³/mol. The third kappa shape index (κ3) is 3.66. The fraction of sp³-hybridized carbons (Fsp3) is 0.500. The van der Waals surface area contributed by atoms with Crippen molar-refractivity contribution < 1.29 is 0 Å². The first kappa shape index (κ1) is 12.8. The molecule has 0 aliphatic carbocycles. The SMILES string of the molecule is CC(C#N)CNC(C)c1cc(Cl)sc1Cl. The monoisotopic (exact) mass is 262 g/mol. The van der Waals surface area contributed by atoms with Crippen LogP contribution in [0.5, 0.6) is 0 Å². The summed E-state index contributed by atoms with van der Waals surface area (Å²) in [5.74, 6) is 0.000308. The Hall–Kier alpha value is -0.270. The number of nitriles is 1. The van der Waals surface area contributed by atoms with E-state index in [-0.39, 0.29) is 12.0 Å². The van der Waals surface area contributed by atoms with Gasteiger partial charge in [0.15, 0.2) is 0 Å². The molecule has 0 amide bonds. The average molecular weight is 263 g/mol. The number of thiophene rings is 1. The molecule has 2 atom stereocenters. The summed E-state index contributed by atoms with van der Waals surface area (Å²) >= 11 is 13.2. The molecule has 1 rings (SSSR count). The molecule has 0 aromatic carbocycles. The lowest BCUT2D eigenvalue weighted by Crippen LogP contribution is -2.23. The quantitative estimate of drug-likeness (QED) is 0.895. The maximum Gasteiger partial charge on any atom is 0.0991 e. The van der Waals surface area contributed by atoms with Gasteiger partial charge in [0, 0.05) is 12.6 Å². The zero-order chi connectivity index (χ0) is 11.4. The van der Waals surface area contributed by atoms with Gasteiger partial charge >= 0.3 is 0 Å². The molecule has 1 N–H and O–H groups in total. The Morgan fingerprint density at radius 2 is 2.20 bits per heavy atom. The van der Waals surface area contributed by atoms with E-state index in [1.807, 2.05) is 19.9 Å². The second kappa shape index (κ2) is 5.72. The number of rotatable bonds is 4. The van der Waals surface area contributed by atoms with E-state index in [1.54, 1.807) is 0 Å².